The molecule has 81 valence electrons. The van der Waals surface area contributed by atoms with E-state index >= 15 is 0 Å². The van der Waals surface area contributed by atoms with Gasteiger partial charge in [-0.3, -0.25) is 0 Å². The van der Waals surface area contributed by atoms with Gasteiger partial charge in [-0.25, -0.2) is 0 Å². The van der Waals surface area contributed by atoms with Crippen molar-refractivity contribution in [2.24, 2.45) is 0 Å². The summed E-state index contributed by atoms with van der Waals surface area (Å²) in [7, 11) is -5.57. The molecule has 0 bridgehead atoms. The van der Waals surface area contributed by atoms with Crippen LogP contribution < -0.4 is 8.58 Å². The number of halogens is 3. The van der Waals surface area contributed by atoms with Crippen molar-refractivity contribution in [1.82, 2.24) is 0 Å². The van der Waals surface area contributed by atoms with Crippen LogP contribution in [0.15, 0.2) is 24.3 Å². The first-order valence-corrected chi connectivity index (χ1v) is 6.01. The SMILES string of the molecule is O=S(=O)(Oc1cccc[c]1[Ge])C(F)(F)F. The Bertz CT molecular complexity index is 455. The summed E-state index contributed by atoms with van der Waals surface area (Å²) in [6.07, 6.45) is 0. The third kappa shape index (κ3) is 2.88. The molecule has 3 radical (unpaired) electrons. The molecule has 0 aromatic heterocycles. The van der Waals surface area contributed by atoms with Gasteiger partial charge in [-0.15, -0.1) is 0 Å². The van der Waals surface area contributed by atoms with E-state index in [2.05, 4.69) is 4.18 Å². The van der Waals surface area contributed by atoms with E-state index in [4.69, 9.17) is 0 Å². The van der Waals surface area contributed by atoms with Gasteiger partial charge in [0.05, 0.1) is 0 Å². The Morgan fingerprint density at radius 3 is 2.20 bits per heavy atom. The first-order valence-electron chi connectivity index (χ1n) is 3.55. The number of alkyl halides is 3. The number of hydrogen-bond acceptors (Lipinski definition) is 3. The fourth-order valence-corrected chi connectivity index (χ4v) is 1.82. The van der Waals surface area contributed by atoms with Crippen LogP contribution in [0.1, 0.15) is 0 Å². The van der Waals surface area contributed by atoms with Gasteiger partial charge in [0.25, 0.3) is 0 Å². The Hall–Kier alpha value is -0.697. The number of para-hydroxylation sites is 1. The van der Waals surface area contributed by atoms with Crippen LogP contribution in [-0.2, 0) is 10.1 Å². The van der Waals surface area contributed by atoms with E-state index < -0.39 is 15.6 Å². The summed E-state index contributed by atoms with van der Waals surface area (Å²) in [5.41, 5.74) is -5.41. The van der Waals surface area contributed by atoms with Crippen molar-refractivity contribution >= 4 is 31.0 Å². The van der Waals surface area contributed by atoms with Gasteiger partial charge in [-0.05, 0) is 0 Å². The minimum absolute atomic E-state index is 0.310. The summed E-state index contributed by atoms with van der Waals surface area (Å²) in [5.74, 6) is -0.324. The normalized spacial score (nSPS) is 12.5. The Morgan fingerprint density at radius 2 is 1.73 bits per heavy atom. The van der Waals surface area contributed by atoms with E-state index in [-0.39, 0.29) is 5.75 Å². The molecule has 0 fully saturated rings. The molecule has 8 heteroatoms. The van der Waals surface area contributed by atoms with E-state index in [0.717, 1.165) is 6.07 Å². The molecule has 0 aliphatic carbocycles. The first-order chi connectivity index (χ1) is 6.74. The maximum atomic E-state index is 11.9. The molecule has 0 unspecified atom stereocenters. The minimum atomic E-state index is -5.57. The quantitative estimate of drug-likeness (QED) is 0.459. The summed E-state index contributed by atoms with van der Waals surface area (Å²) in [4.78, 5) is 0. The van der Waals surface area contributed by atoms with Crippen molar-refractivity contribution < 1.29 is 25.8 Å². The second-order valence-electron chi connectivity index (χ2n) is 2.48. The average Bonchev–Trinajstić information content (AvgIpc) is 2.06. The molecule has 0 aliphatic heterocycles. The molecule has 0 heterocycles. The standard InChI is InChI=1S/C7H4F3GeO3S/c8-7(9,10)15(12,13)14-6-4-2-1-3-5(6)11/h1-4H. The second kappa shape index (κ2) is 4.05. The molecular formula is C7H4F3GeO3S. The number of benzene rings is 1. The summed E-state index contributed by atoms with van der Waals surface area (Å²) >= 11 is 1.45. The Kier molecular flexibility index (Phi) is 3.34. The molecule has 1 aromatic rings. The van der Waals surface area contributed by atoms with Crippen molar-refractivity contribution in [1.29, 1.82) is 0 Å². The number of rotatable bonds is 2. The van der Waals surface area contributed by atoms with Crippen molar-refractivity contribution in [2.45, 2.75) is 5.51 Å². The van der Waals surface area contributed by atoms with Gasteiger partial charge >= 0.3 is 92.3 Å². The third-order valence-electron chi connectivity index (χ3n) is 1.37. The van der Waals surface area contributed by atoms with Crippen molar-refractivity contribution in [2.75, 3.05) is 0 Å². The van der Waals surface area contributed by atoms with Crippen LogP contribution in [0.2, 0.25) is 0 Å². The van der Waals surface area contributed by atoms with Crippen LogP contribution in [0.5, 0.6) is 5.75 Å². The molecule has 1 aromatic carbocycles. The molecule has 0 atom stereocenters. The van der Waals surface area contributed by atoms with E-state index in [1.807, 2.05) is 0 Å². The van der Waals surface area contributed by atoms with Crippen LogP contribution in [0.25, 0.3) is 0 Å². The monoisotopic (exact) mass is 299 g/mol. The molecule has 3 nitrogen and oxygen atoms in total. The molecule has 15 heavy (non-hydrogen) atoms. The van der Waals surface area contributed by atoms with E-state index in [0.29, 0.717) is 4.40 Å². The Morgan fingerprint density at radius 1 is 1.20 bits per heavy atom. The molecule has 1 rings (SSSR count). The zero-order valence-electron chi connectivity index (χ0n) is 7.08. The molecular weight excluding hydrogens is 294 g/mol. The second-order valence-corrected chi connectivity index (χ2v) is 5.15. The van der Waals surface area contributed by atoms with Crippen LogP contribution in [-0.4, -0.2) is 30.4 Å². The molecule has 0 aliphatic rings. The van der Waals surface area contributed by atoms with Crippen LogP contribution in [0, 0.1) is 0 Å². The predicted molar refractivity (Wildman–Crippen MR) is 47.4 cm³/mol. The zero-order valence-corrected chi connectivity index (χ0v) is 9.99. The van der Waals surface area contributed by atoms with E-state index in [1.54, 1.807) is 6.07 Å². The van der Waals surface area contributed by atoms with Gasteiger partial charge in [0, 0.05) is 0 Å². The summed E-state index contributed by atoms with van der Waals surface area (Å²) in [6, 6.07) is 5.54. The van der Waals surface area contributed by atoms with E-state index in [9.17, 15) is 21.6 Å². The van der Waals surface area contributed by atoms with Crippen molar-refractivity contribution in [3.63, 3.8) is 0 Å². The summed E-state index contributed by atoms with van der Waals surface area (Å²) < 4.78 is 61.3. The van der Waals surface area contributed by atoms with Gasteiger partial charge in [0.1, 0.15) is 0 Å². The van der Waals surface area contributed by atoms with Crippen molar-refractivity contribution in [3.05, 3.63) is 24.3 Å². The molecule has 0 spiro atoms. The third-order valence-corrected chi connectivity index (χ3v) is 3.20. The predicted octanol–water partition coefficient (Wildman–Crippen LogP) is 0.709. The van der Waals surface area contributed by atoms with E-state index in [1.165, 1.54) is 28.6 Å². The summed E-state index contributed by atoms with van der Waals surface area (Å²) in [5, 5.41) is 0. The topological polar surface area (TPSA) is 43.4 Å². The zero-order chi connectivity index (χ0) is 11.7. The van der Waals surface area contributed by atoms with Crippen LogP contribution >= 0.6 is 0 Å². The van der Waals surface area contributed by atoms with Crippen LogP contribution in [0.3, 0.4) is 0 Å². The summed E-state index contributed by atoms with van der Waals surface area (Å²) in [6.45, 7) is 0. The van der Waals surface area contributed by atoms with Gasteiger partial charge < -0.3 is 0 Å². The fourth-order valence-electron chi connectivity index (χ4n) is 0.705. The average molecular weight is 298 g/mol. The molecule has 0 saturated carbocycles. The Balaban J connectivity index is 3.03. The molecule has 0 amide bonds. The first kappa shape index (κ1) is 12.4. The Labute approximate surface area is 92.6 Å². The van der Waals surface area contributed by atoms with Gasteiger partial charge in [-0.1, -0.05) is 0 Å². The molecule has 0 N–H and O–H groups in total. The maximum absolute atomic E-state index is 11.9. The van der Waals surface area contributed by atoms with Gasteiger partial charge in [-0.2, -0.15) is 0 Å². The van der Waals surface area contributed by atoms with Crippen LogP contribution in [0.4, 0.5) is 13.2 Å². The fraction of sp³-hybridized carbons (Fsp3) is 0.143. The number of hydrogen-bond donors (Lipinski definition) is 0. The van der Waals surface area contributed by atoms with Crippen molar-refractivity contribution in [3.8, 4) is 5.75 Å². The van der Waals surface area contributed by atoms with Gasteiger partial charge in [0.15, 0.2) is 0 Å². The van der Waals surface area contributed by atoms with Gasteiger partial charge in [0.2, 0.25) is 0 Å². The molecule has 0 saturated heterocycles.